The Hall–Kier alpha value is -2.64. The van der Waals surface area contributed by atoms with Crippen LogP contribution in [0.5, 0.6) is 5.75 Å². The van der Waals surface area contributed by atoms with Crippen molar-refractivity contribution in [3.63, 3.8) is 0 Å². The number of aromatic nitrogens is 2. The van der Waals surface area contributed by atoms with Gasteiger partial charge in [-0.1, -0.05) is 6.07 Å². The predicted octanol–water partition coefficient (Wildman–Crippen LogP) is 4.43. The lowest BCUT2D eigenvalue weighted by Crippen LogP contribution is -2.48. The third-order valence-corrected chi connectivity index (χ3v) is 7.07. The molecule has 1 aliphatic rings. The first kappa shape index (κ1) is 22.6. The predicted molar refractivity (Wildman–Crippen MR) is 128 cm³/mol. The van der Waals surface area contributed by atoms with Gasteiger partial charge in [-0.3, -0.25) is 14.4 Å². The van der Waals surface area contributed by atoms with Gasteiger partial charge in [-0.05, 0) is 61.9 Å². The second-order valence-corrected chi connectivity index (χ2v) is 9.50. The minimum Gasteiger partial charge on any atom is -0.489 e. The van der Waals surface area contributed by atoms with E-state index in [1.807, 2.05) is 27.2 Å². The highest BCUT2D eigenvalue weighted by Crippen LogP contribution is 2.25. The fourth-order valence-corrected chi connectivity index (χ4v) is 4.92. The topological polar surface area (TPSA) is 50.6 Å². The zero-order valence-corrected chi connectivity index (χ0v) is 20.2. The Bertz CT molecular complexity index is 1080. The number of hydrogen-bond acceptors (Lipinski definition) is 5. The van der Waals surface area contributed by atoms with Gasteiger partial charge in [0.05, 0.1) is 11.1 Å². The molecule has 0 radical (unpaired) electrons. The lowest BCUT2D eigenvalue weighted by atomic mass is 10.1. The van der Waals surface area contributed by atoms with Gasteiger partial charge < -0.3 is 9.64 Å². The van der Waals surface area contributed by atoms with Crippen LogP contribution in [0.1, 0.15) is 44.4 Å². The minimum atomic E-state index is 0.127. The highest BCUT2D eigenvalue weighted by molar-refractivity contribution is 7.12. The zero-order valence-electron chi connectivity index (χ0n) is 19.4. The van der Waals surface area contributed by atoms with Crippen LogP contribution in [0.4, 0.5) is 0 Å². The van der Waals surface area contributed by atoms with Crippen molar-refractivity contribution in [3.8, 4) is 5.75 Å². The van der Waals surface area contributed by atoms with Crippen LogP contribution in [-0.4, -0.2) is 51.7 Å². The molecular weight excluding hydrogens is 420 g/mol. The first-order valence-corrected chi connectivity index (χ1v) is 12.1. The highest BCUT2D eigenvalue weighted by Gasteiger charge is 2.23. The number of hydrogen-bond donors (Lipinski definition) is 0. The molecule has 1 aliphatic heterocycles. The van der Waals surface area contributed by atoms with E-state index in [9.17, 15) is 4.79 Å². The number of rotatable bonds is 7. The summed E-state index contributed by atoms with van der Waals surface area (Å²) in [7, 11) is 0. The summed E-state index contributed by atoms with van der Waals surface area (Å²) in [6, 6.07) is 6.23. The Kier molecular flexibility index (Phi) is 6.96. The van der Waals surface area contributed by atoms with Gasteiger partial charge in [-0.25, -0.2) is 0 Å². The standard InChI is InChI=1S/C25H32N4O2S/c1-5-29-15-22(13-26-29)14-27-6-8-28(9-7-27)25(30)24-12-21(17-32-24)16-31-23-11-18(2)10-19(3)20(23)4/h10-13,15,17H,5-9,14,16H2,1-4H3. The largest absolute Gasteiger partial charge is 0.489 e. The van der Waals surface area contributed by atoms with E-state index in [1.165, 1.54) is 33.6 Å². The molecule has 0 bridgehead atoms. The summed E-state index contributed by atoms with van der Waals surface area (Å²) in [4.78, 5) is 18.2. The second kappa shape index (κ2) is 9.88. The lowest BCUT2D eigenvalue weighted by Gasteiger charge is -2.34. The van der Waals surface area contributed by atoms with Gasteiger partial charge in [0.1, 0.15) is 12.4 Å². The van der Waals surface area contributed by atoms with Crippen molar-refractivity contribution in [1.82, 2.24) is 19.6 Å². The van der Waals surface area contributed by atoms with E-state index in [0.717, 1.165) is 55.5 Å². The number of piperazine rings is 1. The van der Waals surface area contributed by atoms with Gasteiger partial charge in [0.2, 0.25) is 0 Å². The molecule has 0 aliphatic carbocycles. The minimum absolute atomic E-state index is 0.127. The molecule has 3 aromatic rings. The third kappa shape index (κ3) is 5.22. The van der Waals surface area contributed by atoms with Crippen LogP contribution in [-0.2, 0) is 19.7 Å². The van der Waals surface area contributed by atoms with Crippen molar-refractivity contribution in [2.45, 2.75) is 47.4 Å². The molecule has 170 valence electrons. The summed E-state index contributed by atoms with van der Waals surface area (Å²) >= 11 is 1.51. The lowest BCUT2D eigenvalue weighted by molar-refractivity contribution is 0.0633. The molecular formula is C25H32N4O2S. The number of benzene rings is 1. The van der Waals surface area contributed by atoms with Crippen LogP contribution in [0.15, 0.2) is 36.0 Å². The molecule has 1 fully saturated rings. The molecule has 0 saturated carbocycles. The van der Waals surface area contributed by atoms with Crippen molar-refractivity contribution >= 4 is 17.2 Å². The van der Waals surface area contributed by atoms with Crippen LogP contribution >= 0.6 is 11.3 Å². The van der Waals surface area contributed by atoms with Crippen LogP contribution in [0.25, 0.3) is 0 Å². The quantitative estimate of drug-likeness (QED) is 0.532. The van der Waals surface area contributed by atoms with E-state index >= 15 is 0 Å². The van der Waals surface area contributed by atoms with Gasteiger partial charge in [0.15, 0.2) is 0 Å². The molecule has 3 heterocycles. The van der Waals surface area contributed by atoms with E-state index in [-0.39, 0.29) is 5.91 Å². The summed E-state index contributed by atoms with van der Waals surface area (Å²) in [5, 5.41) is 6.38. The Morgan fingerprint density at radius 3 is 2.59 bits per heavy atom. The fourth-order valence-electron chi connectivity index (χ4n) is 4.06. The van der Waals surface area contributed by atoms with E-state index < -0.39 is 0 Å². The molecule has 0 atom stereocenters. The van der Waals surface area contributed by atoms with Crippen molar-refractivity contribution in [1.29, 1.82) is 0 Å². The molecule has 1 saturated heterocycles. The average molecular weight is 453 g/mol. The maximum absolute atomic E-state index is 13.0. The van der Waals surface area contributed by atoms with Crippen LogP contribution in [0.3, 0.4) is 0 Å². The van der Waals surface area contributed by atoms with Crippen LogP contribution in [0.2, 0.25) is 0 Å². The summed E-state index contributed by atoms with van der Waals surface area (Å²) in [5.74, 6) is 1.05. The van der Waals surface area contributed by atoms with Crippen LogP contribution in [0, 0.1) is 20.8 Å². The van der Waals surface area contributed by atoms with Gasteiger partial charge in [-0.2, -0.15) is 5.10 Å². The molecule has 1 amide bonds. The zero-order chi connectivity index (χ0) is 22.7. The maximum Gasteiger partial charge on any atom is 0.264 e. The highest BCUT2D eigenvalue weighted by atomic mass is 32.1. The summed E-state index contributed by atoms with van der Waals surface area (Å²) < 4.78 is 8.02. The Balaban J connectivity index is 1.29. The molecule has 1 aromatic carbocycles. The Morgan fingerprint density at radius 2 is 1.88 bits per heavy atom. The number of aryl methyl sites for hydroxylation is 3. The van der Waals surface area contributed by atoms with E-state index in [0.29, 0.717) is 6.61 Å². The average Bonchev–Trinajstić information content (AvgIpc) is 3.45. The van der Waals surface area contributed by atoms with Crippen molar-refractivity contribution in [2.75, 3.05) is 26.2 Å². The monoisotopic (exact) mass is 452 g/mol. The van der Waals surface area contributed by atoms with Gasteiger partial charge >= 0.3 is 0 Å². The number of thiophene rings is 1. The number of carbonyl (C=O) groups excluding carboxylic acids is 1. The van der Waals surface area contributed by atoms with E-state index in [1.54, 1.807) is 0 Å². The van der Waals surface area contributed by atoms with Gasteiger partial charge in [-0.15, -0.1) is 11.3 Å². The molecule has 2 aromatic heterocycles. The first-order valence-electron chi connectivity index (χ1n) is 11.2. The SMILES string of the molecule is CCn1cc(CN2CCN(C(=O)c3cc(COc4cc(C)cc(C)c4C)cs3)CC2)cn1. The summed E-state index contributed by atoms with van der Waals surface area (Å²) in [6.07, 6.45) is 4.04. The number of ether oxygens (including phenoxy) is 1. The van der Waals surface area contributed by atoms with Crippen molar-refractivity contribution in [3.05, 3.63) is 68.7 Å². The molecule has 0 unspecified atom stereocenters. The molecule has 32 heavy (non-hydrogen) atoms. The van der Waals surface area contributed by atoms with Crippen molar-refractivity contribution < 1.29 is 9.53 Å². The van der Waals surface area contributed by atoms with Gasteiger partial charge in [0.25, 0.3) is 5.91 Å². The normalized spacial score (nSPS) is 14.7. The maximum atomic E-state index is 13.0. The first-order chi connectivity index (χ1) is 15.4. The Labute approximate surface area is 194 Å². The third-order valence-electron chi connectivity index (χ3n) is 6.10. The van der Waals surface area contributed by atoms with E-state index in [2.05, 4.69) is 56.0 Å². The van der Waals surface area contributed by atoms with Crippen molar-refractivity contribution in [2.24, 2.45) is 0 Å². The number of nitrogens with zero attached hydrogens (tertiary/aromatic N) is 4. The van der Waals surface area contributed by atoms with Crippen LogP contribution < -0.4 is 4.74 Å². The number of carbonyl (C=O) groups is 1. The Morgan fingerprint density at radius 1 is 1.09 bits per heavy atom. The smallest absolute Gasteiger partial charge is 0.264 e. The molecule has 6 nitrogen and oxygen atoms in total. The molecule has 0 N–H and O–H groups in total. The molecule has 0 spiro atoms. The summed E-state index contributed by atoms with van der Waals surface area (Å²) in [5.41, 5.74) is 5.88. The van der Waals surface area contributed by atoms with Gasteiger partial charge in [0, 0.05) is 56.6 Å². The second-order valence-electron chi connectivity index (χ2n) is 8.59. The summed E-state index contributed by atoms with van der Waals surface area (Å²) in [6.45, 7) is 13.9. The fraction of sp³-hybridized carbons (Fsp3) is 0.440. The molecule has 7 heteroatoms. The van der Waals surface area contributed by atoms with E-state index in [4.69, 9.17) is 4.74 Å². The molecule has 4 rings (SSSR count). The number of amides is 1.